The molecule has 1 unspecified atom stereocenters. The third kappa shape index (κ3) is 2.69. The normalized spacial score (nSPS) is 22.7. The Bertz CT molecular complexity index is 185. The zero-order valence-corrected chi connectivity index (χ0v) is 8.51. The van der Waals surface area contributed by atoms with Crippen molar-refractivity contribution in [2.75, 3.05) is 7.11 Å². The van der Waals surface area contributed by atoms with Crippen molar-refractivity contribution in [3.8, 4) is 0 Å². The molecule has 0 aromatic heterocycles. The Kier molecular flexibility index (Phi) is 3.31. The second-order valence-corrected chi connectivity index (χ2v) is 4.35. The van der Waals surface area contributed by atoms with Crippen LogP contribution in [0.1, 0.15) is 39.0 Å². The summed E-state index contributed by atoms with van der Waals surface area (Å²) in [6.45, 7) is 2.21. The van der Waals surface area contributed by atoms with Crippen LogP contribution < -0.4 is 5.73 Å². The van der Waals surface area contributed by atoms with Crippen molar-refractivity contribution in [2.45, 2.75) is 45.1 Å². The lowest BCUT2D eigenvalue weighted by atomic mass is 9.82. The molecule has 0 aromatic rings. The lowest BCUT2D eigenvalue weighted by Crippen LogP contribution is -2.36. The van der Waals surface area contributed by atoms with Gasteiger partial charge >= 0.3 is 5.97 Å². The smallest absolute Gasteiger partial charge is 0.322 e. The Morgan fingerprint density at radius 3 is 2.54 bits per heavy atom. The molecule has 2 N–H and O–H groups in total. The first kappa shape index (κ1) is 10.5. The maximum absolute atomic E-state index is 11.1. The second-order valence-electron chi connectivity index (χ2n) is 4.35. The zero-order chi connectivity index (χ0) is 9.90. The predicted octanol–water partition coefficient (Wildman–Crippen LogP) is 1.46. The summed E-state index contributed by atoms with van der Waals surface area (Å²) in [6.07, 6.45) is 5.68. The van der Waals surface area contributed by atoms with E-state index < -0.39 is 6.04 Å². The van der Waals surface area contributed by atoms with E-state index in [0.717, 1.165) is 6.42 Å². The standard InChI is InChI=1S/C10H19NO2/c1-10(5-3-4-6-10)7-8(11)9(12)13-2/h8H,3-7,11H2,1-2H3. The summed E-state index contributed by atoms with van der Waals surface area (Å²) in [4.78, 5) is 11.1. The zero-order valence-electron chi connectivity index (χ0n) is 8.51. The van der Waals surface area contributed by atoms with Crippen LogP contribution in [0.2, 0.25) is 0 Å². The van der Waals surface area contributed by atoms with Crippen LogP contribution in [0.25, 0.3) is 0 Å². The Morgan fingerprint density at radius 1 is 1.54 bits per heavy atom. The molecule has 0 saturated heterocycles. The molecule has 0 aromatic carbocycles. The number of nitrogens with two attached hydrogens (primary N) is 1. The first-order valence-corrected chi connectivity index (χ1v) is 4.91. The quantitative estimate of drug-likeness (QED) is 0.677. The molecule has 76 valence electrons. The minimum Gasteiger partial charge on any atom is -0.468 e. The van der Waals surface area contributed by atoms with Crippen molar-refractivity contribution < 1.29 is 9.53 Å². The Balaban J connectivity index is 2.42. The van der Waals surface area contributed by atoms with Crippen LogP contribution in [-0.4, -0.2) is 19.1 Å². The fourth-order valence-electron chi connectivity index (χ4n) is 2.20. The molecule has 13 heavy (non-hydrogen) atoms. The van der Waals surface area contributed by atoms with E-state index in [1.807, 2.05) is 0 Å². The van der Waals surface area contributed by atoms with Crippen LogP contribution in [0.5, 0.6) is 0 Å². The minimum absolute atomic E-state index is 0.271. The van der Waals surface area contributed by atoms with Crippen LogP contribution in [0.15, 0.2) is 0 Å². The van der Waals surface area contributed by atoms with E-state index in [1.165, 1.54) is 32.8 Å². The lowest BCUT2D eigenvalue weighted by molar-refractivity contribution is -0.143. The van der Waals surface area contributed by atoms with Crippen molar-refractivity contribution in [3.63, 3.8) is 0 Å². The Labute approximate surface area is 79.6 Å². The van der Waals surface area contributed by atoms with Crippen LogP contribution in [0, 0.1) is 5.41 Å². The van der Waals surface area contributed by atoms with Gasteiger partial charge in [-0.15, -0.1) is 0 Å². The highest BCUT2D eigenvalue weighted by Gasteiger charge is 2.32. The molecule has 3 heteroatoms. The summed E-state index contributed by atoms with van der Waals surface area (Å²) in [5.41, 5.74) is 5.99. The Morgan fingerprint density at radius 2 is 2.08 bits per heavy atom. The highest BCUT2D eigenvalue weighted by Crippen LogP contribution is 2.41. The summed E-state index contributed by atoms with van der Waals surface area (Å²) >= 11 is 0. The van der Waals surface area contributed by atoms with E-state index in [1.54, 1.807) is 0 Å². The summed E-state index contributed by atoms with van der Waals surface area (Å²) in [6, 6.07) is -0.437. The third-order valence-electron chi connectivity index (χ3n) is 3.03. The van der Waals surface area contributed by atoms with Crippen molar-refractivity contribution in [2.24, 2.45) is 11.1 Å². The first-order chi connectivity index (χ1) is 6.07. The molecule has 3 nitrogen and oxygen atoms in total. The van der Waals surface area contributed by atoms with Gasteiger partial charge in [-0.1, -0.05) is 19.8 Å². The van der Waals surface area contributed by atoms with Gasteiger partial charge in [0.05, 0.1) is 7.11 Å². The van der Waals surface area contributed by atoms with Crippen LogP contribution in [-0.2, 0) is 9.53 Å². The van der Waals surface area contributed by atoms with E-state index in [0.29, 0.717) is 0 Å². The van der Waals surface area contributed by atoms with Crippen molar-refractivity contribution >= 4 is 5.97 Å². The molecule has 0 spiro atoms. The number of rotatable bonds is 3. The molecule has 0 radical (unpaired) electrons. The summed E-state index contributed by atoms with van der Waals surface area (Å²) < 4.78 is 4.60. The molecule has 0 bridgehead atoms. The number of carbonyl (C=O) groups is 1. The SMILES string of the molecule is COC(=O)C(N)CC1(C)CCCC1. The minimum atomic E-state index is -0.437. The number of methoxy groups -OCH3 is 1. The molecular weight excluding hydrogens is 166 g/mol. The van der Waals surface area contributed by atoms with Crippen molar-refractivity contribution in [1.29, 1.82) is 0 Å². The molecule has 1 fully saturated rings. The topological polar surface area (TPSA) is 52.3 Å². The van der Waals surface area contributed by atoms with Gasteiger partial charge < -0.3 is 10.5 Å². The van der Waals surface area contributed by atoms with E-state index in [-0.39, 0.29) is 11.4 Å². The number of hydrogen-bond acceptors (Lipinski definition) is 3. The van der Waals surface area contributed by atoms with Gasteiger partial charge in [0.15, 0.2) is 0 Å². The van der Waals surface area contributed by atoms with Gasteiger partial charge in [0.1, 0.15) is 6.04 Å². The molecule has 0 heterocycles. The number of carbonyl (C=O) groups excluding carboxylic acids is 1. The molecule has 0 aliphatic heterocycles. The van der Waals surface area contributed by atoms with Crippen molar-refractivity contribution in [3.05, 3.63) is 0 Å². The largest absolute Gasteiger partial charge is 0.468 e. The Hall–Kier alpha value is -0.570. The molecule has 1 aliphatic rings. The highest BCUT2D eigenvalue weighted by atomic mass is 16.5. The van der Waals surface area contributed by atoms with Crippen LogP contribution in [0.4, 0.5) is 0 Å². The molecular formula is C10H19NO2. The van der Waals surface area contributed by atoms with Gasteiger partial charge in [0.25, 0.3) is 0 Å². The van der Waals surface area contributed by atoms with Gasteiger partial charge in [-0.3, -0.25) is 4.79 Å². The van der Waals surface area contributed by atoms with Gasteiger partial charge in [-0.2, -0.15) is 0 Å². The number of esters is 1. The number of hydrogen-bond donors (Lipinski definition) is 1. The summed E-state index contributed by atoms with van der Waals surface area (Å²) in [5, 5.41) is 0. The molecule has 1 saturated carbocycles. The molecule has 1 atom stereocenters. The average Bonchev–Trinajstić information content (AvgIpc) is 2.50. The number of ether oxygens (including phenoxy) is 1. The van der Waals surface area contributed by atoms with Crippen LogP contribution in [0.3, 0.4) is 0 Å². The van der Waals surface area contributed by atoms with E-state index in [9.17, 15) is 4.79 Å². The van der Waals surface area contributed by atoms with Crippen molar-refractivity contribution in [1.82, 2.24) is 0 Å². The molecule has 1 rings (SSSR count). The summed E-state index contributed by atoms with van der Waals surface area (Å²) in [7, 11) is 1.39. The van der Waals surface area contributed by atoms with Crippen LogP contribution >= 0.6 is 0 Å². The van der Waals surface area contributed by atoms with Gasteiger partial charge in [0.2, 0.25) is 0 Å². The first-order valence-electron chi connectivity index (χ1n) is 4.91. The fraction of sp³-hybridized carbons (Fsp3) is 0.900. The van der Waals surface area contributed by atoms with E-state index in [4.69, 9.17) is 5.73 Å². The second kappa shape index (κ2) is 4.09. The van der Waals surface area contributed by atoms with E-state index in [2.05, 4.69) is 11.7 Å². The van der Waals surface area contributed by atoms with Gasteiger partial charge in [-0.25, -0.2) is 0 Å². The molecule has 1 aliphatic carbocycles. The van der Waals surface area contributed by atoms with E-state index >= 15 is 0 Å². The predicted molar refractivity (Wildman–Crippen MR) is 51.2 cm³/mol. The molecule has 0 amide bonds. The summed E-state index contributed by atoms with van der Waals surface area (Å²) in [5.74, 6) is -0.284. The van der Waals surface area contributed by atoms with Gasteiger partial charge in [-0.05, 0) is 24.7 Å². The lowest BCUT2D eigenvalue weighted by Gasteiger charge is -2.25. The highest BCUT2D eigenvalue weighted by molar-refractivity contribution is 5.75. The van der Waals surface area contributed by atoms with Gasteiger partial charge in [0, 0.05) is 0 Å². The fourth-order valence-corrected chi connectivity index (χ4v) is 2.20. The average molecular weight is 185 g/mol. The maximum Gasteiger partial charge on any atom is 0.322 e. The maximum atomic E-state index is 11.1. The monoisotopic (exact) mass is 185 g/mol. The third-order valence-corrected chi connectivity index (χ3v) is 3.03.